The Morgan fingerprint density at radius 1 is 0.667 bits per heavy atom. The number of nitrogens with zero attached hydrogens (tertiary/aromatic N) is 2. The molecule has 1 aromatic heterocycles. The number of hydrogen-bond acceptors (Lipinski definition) is 1. The predicted octanol–water partition coefficient (Wildman–Crippen LogP) is 7.14. The summed E-state index contributed by atoms with van der Waals surface area (Å²) in [4.78, 5) is 4.32. The number of hydrogen-bond donors (Lipinski definition) is 0. The number of allylic oxidation sites excluding steroid dienone is 18. The van der Waals surface area contributed by atoms with Gasteiger partial charge in [0.25, 0.3) is 0 Å². The average Bonchev–Trinajstić information content (AvgIpc) is 3.29. The maximum Gasteiger partial charge on any atom is 0.121 e. The molecule has 0 radical (unpaired) electrons. The first-order valence-corrected chi connectivity index (χ1v) is 9.52. The fourth-order valence-electron chi connectivity index (χ4n) is 3.17. The van der Waals surface area contributed by atoms with E-state index in [0.29, 0.717) is 0 Å². The summed E-state index contributed by atoms with van der Waals surface area (Å²) in [5.41, 5.74) is 2.00. The topological polar surface area (TPSA) is 17.8 Å². The lowest BCUT2D eigenvalue weighted by molar-refractivity contribution is 0.511. The Balaban J connectivity index is 4.24. The van der Waals surface area contributed by atoms with Gasteiger partial charge in [-0.15, -0.1) is 0 Å². The summed E-state index contributed by atoms with van der Waals surface area (Å²) in [6.45, 7) is 23.3. The zero-order valence-electron chi connectivity index (χ0n) is 17.5. The van der Waals surface area contributed by atoms with E-state index in [4.69, 9.17) is 0 Å². The van der Waals surface area contributed by atoms with Gasteiger partial charge in [0.2, 0.25) is 0 Å². The summed E-state index contributed by atoms with van der Waals surface area (Å²) in [5.74, 6) is 0. The molecular weight excluding hydrogens is 364 g/mol. The fraction of sp³-hybridized carbons (Fsp3) is 0.0357. The molecule has 0 aliphatic heterocycles. The van der Waals surface area contributed by atoms with Crippen LogP contribution >= 0.6 is 0 Å². The molecule has 2 nitrogen and oxygen atoms in total. The lowest BCUT2D eigenvalue weighted by Gasteiger charge is -2.39. The third kappa shape index (κ3) is 5.55. The zero-order valence-corrected chi connectivity index (χ0v) is 17.5. The molecule has 0 saturated heterocycles. The molecule has 30 heavy (non-hydrogen) atoms. The SMILES string of the molecule is C=C/C=C\C=C(/C=C)C(C(/C=C\C=C)=C/C=C)(C(/C=C\C=C)=C/C=C)n1ccnc1. The van der Waals surface area contributed by atoms with Crippen molar-refractivity contribution in [3.8, 4) is 0 Å². The molecule has 0 aromatic carbocycles. The molecular formula is C28H30N2. The van der Waals surface area contributed by atoms with Gasteiger partial charge in [-0.3, -0.25) is 0 Å². The monoisotopic (exact) mass is 394 g/mol. The Morgan fingerprint density at radius 3 is 1.63 bits per heavy atom. The molecule has 0 unspecified atom stereocenters. The minimum Gasteiger partial charge on any atom is -0.319 e. The molecule has 1 heterocycles. The molecule has 0 spiro atoms. The van der Waals surface area contributed by atoms with Crippen LogP contribution in [0.15, 0.2) is 166 Å². The van der Waals surface area contributed by atoms with Crippen LogP contribution in [-0.2, 0) is 5.54 Å². The molecule has 152 valence electrons. The molecule has 0 N–H and O–H groups in total. The summed E-state index contributed by atoms with van der Waals surface area (Å²) in [5, 5.41) is 0. The Morgan fingerprint density at radius 2 is 1.23 bits per heavy atom. The van der Waals surface area contributed by atoms with Gasteiger partial charge >= 0.3 is 0 Å². The van der Waals surface area contributed by atoms with E-state index in [9.17, 15) is 0 Å². The van der Waals surface area contributed by atoms with Gasteiger partial charge in [-0.2, -0.15) is 0 Å². The van der Waals surface area contributed by atoms with Gasteiger partial charge in [0.15, 0.2) is 0 Å². The number of aromatic nitrogens is 2. The molecule has 1 aromatic rings. The largest absolute Gasteiger partial charge is 0.319 e. The highest BCUT2D eigenvalue weighted by Crippen LogP contribution is 2.43. The smallest absolute Gasteiger partial charge is 0.121 e. The molecule has 2 heteroatoms. The van der Waals surface area contributed by atoms with E-state index in [2.05, 4.69) is 44.5 Å². The minimum absolute atomic E-state index is 0.800. The third-order valence-electron chi connectivity index (χ3n) is 4.31. The van der Waals surface area contributed by atoms with Gasteiger partial charge in [-0.1, -0.05) is 131 Å². The molecule has 0 amide bonds. The second-order valence-electron chi connectivity index (χ2n) is 6.03. The lowest BCUT2D eigenvalue weighted by atomic mass is 9.74. The molecule has 0 saturated carbocycles. The van der Waals surface area contributed by atoms with Crippen molar-refractivity contribution in [3.63, 3.8) is 0 Å². The first kappa shape index (κ1) is 24.1. The van der Waals surface area contributed by atoms with Crippen molar-refractivity contribution in [3.05, 3.63) is 166 Å². The van der Waals surface area contributed by atoms with Gasteiger partial charge in [-0.25, -0.2) is 4.98 Å². The van der Waals surface area contributed by atoms with Crippen LogP contribution in [0.5, 0.6) is 0 Å². The van der Waals surface area contributed by atoms with Gasteiger partial charge < -0.3 is 4.57 Å². The van der Waals surface area contributed by atoms with Gasteiger partial charge in [0, 0.05) is 12.4 Å². The average molecular weight is 395 g/mol. The summed E-state index contributed by atoms with van der Waals surface area (Å²) in [6.07, 6.45) is 33.5. The predicted molar refractivity (Wildman–Crippen MR) is 133 cm³/mol. The normalized spacial score (nSPS) is 13.7. The Hall–Kier alpha value is -3.91. The fourth-order valence-corrected chi connectivity index (χ4v) is 3.17. The van der Waals surface area contributed by atoms with Crippen LogP contribution in [0.1, 0.15) is 0 Å². The standard InChI is InChI=1S/C28H30N2/c1-7-13-16-21-25(12-6)28(30-23-22-29-24-30,26(17-10-4)19-14-8-2)27(18-11-5)20-15-9-3/h7-24H,1-6H2/b16-13-,19-14-,20-15-,25-21+,26-17+,27-18+. The molecule has 0 aliphatic rings. The summed E-state index contributed by atoms with van der Waals surface area (Å²) in [7, 11) is 0. The second kappa shape index (κ2) is 13.3. The van der Waals surface area contributed by atoms with Crippen molar-refractivity contribution in [2.24, 2.45) is 0 Å². The van der Waals surface area contributed by atoms with Crippen molar-refractivity contribution < 1.29 is 0 Å². The van der Waals surface area contributed by atoms with E-state index in [0.717, 1.165) is 16.7 Å². The summed E-state index contributed by atoms with van der Waals surface area (Å²) < 4.78 is 2.04. The summed E-state index contributed by atoms with van der Waals surface area (Å²) in [6, 6.07) is 0. The van der Waals surface area contributed by atoms with Crippen LogP contribution in [0.3, 0.4) is 0 Å². The summed E-state index contributed by atoms with van der Waals surface area (Å²) >= 11 is 0. The molecule has 0 atom stereocenters. The van der Waals surface area contributed by atoms with Crippen molar-refractivity contribution in [2.45, 2.75) is 5.54 Å². The Bertz CT molecular complexity index is 899. The van der Waals surface area contributed by atoms with Crippen molar-refractivity contribution in [1.29, 1.82) is 0 Å². The molecule has 0 fully saturated rings. The lowest BCUT2D eigenvalue weighted by Crippen LogP contribution is -2.38. The van der Waals surface area contributed by atoms with Gasteiger partial charge in [0.1, 0.15) is 5.54 Å². The van der Waals surface area contributed by atoms with Crippen molar-refractivity contribution >= 4 is 0 Å². The van der Waals surface area contributed by atoms with Crippen LogP contribution in [0.2, 0.25) is 0 Å². The van der Waals surface area contributed by atoms with E-state index < -0.39 is 5.54 Å². The van der Waals surface area contributed by atoms with E-state index in [-0.39, 0.29) is 0 Å². The maximum absolute atomic E-state index is 4.32. The van der Waals surface area contributed by atoms with E-state index in [1.165, 1.54) is 0 Å². The van der Waals surface area contributed by atoms with Crippen LogP contribution in [0.25, 0.3) is 0 Å². The van der Waals surface area contributed by atoms with Crippen LogP contribution in [-0.4, -0.2) is 9.55 Å². The highest BCUT2D eigenvalue weighted by atomic mass is 15.1. The highest BCUT2D eigenvalue weighted by molar-refractivity contribution is 5.58. The highest BCUT2D eigenvalue weighted by Gasteiger charge is 2.40. The van der Waals surface area contributed by atoms with Gasteiger partial charge in [-0.05, 0) is 16.7 Å². The molecule has 0 bridgehead atoms. The first-order chi connectivity index (χ1) is 14.7. The zero-order chi connectivity index (χ0) is 22.2. The Labute approximate surface area is 181 Å². The van der Waals surface area contributed by atoms with Crippen molar-refractivity contribution in [1.82, 2.24) is 9.55 Å². The van der Waals surface area contributed by atoms with E-state index in [1.54, 1.807) is 42.9 Å². The van der Waals surface area contributed by atoms with Crippen LogP contribution < -0.4 is 0 Å². The number of rotatable bonds is 13. The maximum atomic E-state index is 4.32. The van der Waals surface area contributed by atoms with E-state index in [1.807, 2.05) is 71.5 Å². The second-order valence-corrected chi connectivity index (χ2v) is 6.03. The quantitative estimate of drug-likeness (QED) is 0.325. The van der Waals surface area contributed by atoms with Gasteiger partial charge in [0.05, 0.1) is 6.33 Å². The Kier molecular flexibility index (Phi) is 10.7. The van der Waals surface area contributed by atoms with Crippen LogP contribution in [0.4, 0.5) is 0 Å². The molecule has 1 rings (SSSR count). The first-order valence-electron chi connectivity index (χ1n) is 9.52. The van der Waals surface area contributed by atoms with Crippen molar-refractivity contribution in [2.75, 3.05) is 0 Å². The third-order valence-corrected chi connectivity index (χ3v) is 4.31. The minimum atomic E-state index is -0.800. The number of imidazole rings is 1. The van der Waals surface area contributed by atoms with E-state index >= 15 is 0 Å². The van der Waals surface area contributed by atoms with Crippen LogP contribution in [0, 0.1) is 0 Å². The molecule has 0 aliphatic carbocycles.